The number of nitro groups is 1. The second-order valence-corrected chi connectivity index (χ2v) is 7.05. The van der Waals surface area contributed by atoms with Gasteiger partial charge in [0, 0.05) is 50.3 Å². The van der Waals surface area contributed by atoms with E-state index in [0.29, 0.717) is 18.7 Å². The van der Waals surface area contributed by atoms with Crippen molar-refractivity contribution in [3.63, 3.8) is 0 Å². The van der Waals surface area contributed by atoms with Gasteiger partial charge in [-0.1, -0.05) is 24.3 Å². The van der Waals surface area contributed by atoms with Crippen molar-refractivity contribution in [3.05, 3.63) is 63.7 Å². The molecular formula is C21H27ClN4O4. The van der Waals surface area contributed by atoms with Crippen molar-refractivity contribution in [2.24, 2.45) is 0 Å². The van der Waals surface area contributed by atoms with Gasteiger partial charge < -0.3 is 15.4 Å². The lowest BCUT2D eigenvalue weighted by Crippen LogP contribution is -2.46. The van der Waals surface area contributed by atoms with Gasteiger partial charge in [-0.05, 0) is 18.6 Å². The highest BCUT2D eigenvalue weighted by molar-refractivity contribution is 5.92. The van der Waals surface area contributed by atoms with Crippen LogP contribution in [-0.4, -0.2) is 49.0 Å². The Morgan fingerprint density at radius 1 is 1.33 bits per heavy atom. The maximum absolute atomic E-state index is 12.5. The third-order valence-electron chi connectivity index (χ3n) is 5.18. The van der Waals surface area contributed by atoms with Crippen LogP contribution in [0.15, 0.2) is 42.5 Å². The third kappa shape index (κ3) is 5.69. The molecule has 0 bridgehead atoms. The Bertz CT molecular complexity index is 893. The summed E-state index contributed by atoms with van der Waals surface area (Å²) in [5.74, 6) is 0.675. The normalized spacial score (nSPS) is 16.4. The second-order valence-electron chi connectivity index (χ2n) is 7.05. The number of para-hydroxylation sites is 1. The van der Waals surface area contributed by atoms with Gasteiger partial charge in [-0.15, -0.1) is 12.4 Å². The number of carbonyl (C=O) groups is 1. The van der Waals surface area contributed by atoms with Gasteiger partial charge >= 0.3 is 0 Å². The van der Waals surface area contributed by atoms with Crippen molar-refractivity contribution >= 4 is 29.7 Å². The number of methoxy groups -OCH3 is 1. The summed E-state index contributed by atoms with van der Waals surface area (Å²) in [5.41, 5.74) is 2.32. The zero-order valence-corrected chi connectivity index (χ0v) is 17.9. The molecule has 1 unspecified atom stereocenters. The number of non-ortho nitro benzene ring substituents is 1. The van der Waals surface area contributed by atoms with E-state index in [0.717, 1.165) is 36.5 Å². The molecule has 30 heavy (non-hydrogen) atoms. The van der Waals surface area contributed by atoms with Gasteiger partial charge in [0.05, 0.1) is 23.8 Å². The molecule has 1 aliphatic heterocycles. The number of carbonyl (C=O) groups excluding carboxylic acids is 1. The zero-order chi connectivity index (χ0) is 20.8. The van der Waals surface area contributed by atoms with Crippen LogP contribution in [0.4, 0.5) is 11.4 Å². The number of hydrogen-bond donors (Lipinski definition) is 2. The minimum atomic E-state index is -0.465. The number of amides is 1. The Balaban J connectivity index is 0.00000320. The molecule has 0 spiro atoms. The Hall–Kier alpha value is -2.68. The molecule has 0 aliphatic carbocycles. The molecule has 1 fully saturated rings. The molecule has 2 aromatic carbocycles. The molecule has 0 aromatic heterocycles. The molecule has 1 saturated heterocycles. The maximum atomic E-state index is 12.5. The van der Waals surface area contributed by atoms with E-state index in [4.69, 9.17) is 4.74 Å². The second kappa shape index (κ2) is 10.9. The number of rotatable bonds is 7. The Labute approximate surface area is 182 Å². The van der Waals surface area contributed by atoms with Crippen molar-refractivity contribution < 1.29 is 14.5 Å². The number of nitrogens with zero attached hydrogens (tertiary/aromatic N) is 2. The fourth-order valence-corrected chi connectivity index (χ4v) is 3.58. The summed E-state index contributed by atoms with van der Waals surface area (Å²) in [6.07, 6.45) is 0.299. The Morgan fingerprint density at radius 2 is 2.10 bits per heavy atom. The molecule has 1 heterocycles. The highest BCUT2D eigenvalue weighted by Crippen LogP contribution is 2.30. The van der Waals surface area contributed by atoms with Gasteiger partial charge in [-0.2, -0.15) is 0 Å². The molecule has 0 saturated carbocycles. The average Bonchev–Trinajstić information content (AvgIpc) is 2.74. The van der Waals surface area contributed by atoms with E-state index in [9.17, 15) is 14.9 Å². The zero-order valence-electron chi connectivity index (χ0n) is 17.1. The van der Waals surface area contributed by atoms with Crippen LogP contribution < -0.4 is 15.4 Å². The number of halogens is 1. The molecule has 2 aromatic rings. The predicted octanol–water partition coefficient (Wildman–Crippen LogP) is 3.31. The van der Waals surface area contributed by atoms with E-state index < -0.39 is 4.92 Å². The van der Waals surface area contributed by atoms with E-state index >= 15 is 0 Å². The molecule has 3 rings (SSSR count). The number of piperazine rings is 1. The molecule has 1 atom stereocenters. The Morgan fingerprint density at radius 3 is 2.83 bits per heavy atom. The SMILES string of the molecule is COc1ccccc1C1CNCCN1CCC(=O)Nc1cc([N+](=O)[O-])ccc1C.Cl. The van der Waals surface area contributed by atoms with Crippen LogP contribution in [0.1, 0.15) is 23.6 Å². The molecule has 2 N–H and O–H groups in total. The maximum Gasteiger partial charge on any atom is 0.271 e. The minimum absolute atomic E-state index is 0. The number of nitrogens with one attached hydrogen (secondary N) is 2. The number of nitro benzene ring substituents is 1. The largest absolute Gasteiger partial charge is 0.496 e. The van der Waals surface area contributed by atoms with Gasteiger partial charge in [-0.25, -0.2) is 0 Å². The van der Waals surface area contributed by atoms with Crippen LogP contribution in [0.5, 0.6) is 5.75 Å². The third-order valence-corrected chi connectivity index (χ3v) is 5.18. The van der Waals surface area contributed by atoms with E-state index in [-0.39, 0.29) is 30.0 Å². The number of anilines is 1. The highest BCUT2D eigenvalue weighted by atomic mass is 35.5. The first kappa shape index (κ1) is 23.6. The molecule has 9 heteroatoms. The van der Waals surface area contributed by atoms with E-state index in [1.165, 1.54) is 12.1 Å². The number of hydrogen-bond acceptors (Lipinski definition) is 6. The van der Waals surface area contributed by atoms with Crippen LogP contribution in [-0.2, 0) is 4.79 Å². The first-order valence-electron chi connectivity index (χ1n) is 9.62. The summed E-state index contributed by atoms with van der Waals surface area (Å²) in [4.78, 5) is 25.3. The average molecular weight is 435 g/mol. The summed E-state index contributed by atoms with van der Waals surface area (Å²) < 4.78 is 5.51. The monoisotopic (exact) mass is 434 g/mol. The van der Waals surface area contributed by atoms with Gasteiger partial charge in [-0.3, -0.25) is 19.8 Å². The first-order valence-corrected chi connectivity index (χ1v) is 9.62. The Kier molecular flexibility index (Phi) is 8.58. The van der Waals surface area contributed by atoms with Gasteiger partial charge in [0.1, 0.15) is 5.75 Å². The molecule has 1 aliphatic rings. The van der Waals surface area contributed by atoms with Gasteiger partial charge in [0.2, 0.25) is 5.91 Å². The van der Waals surface area contributed by atoms with Crippen molar-refractivity contribution in [2.75, 3.05) is 38.6 Å². The lowest BCUT2D eigenvalue weighted by Gasteiger charge is -2.37. The van der Waals surface area contributed by atoms with Crippen molar-refractivity contribution in [1.29, 1.82) is 0 Å². The summed E-state index contributed by atoms with van der Waals surface area (Å²) in [6.45, 7) is 4.87. The van der Waals surface area contributed by atoms with E-state index in [2.05, 4.69) is 21.6 Å². The standard InChI is InChI=1S/C21H26N4O4.ClH/c1-15-7-8-16(25(27)28)13-18(15)23-21(26)9-11-24-12-10-22-14-19(24)17-5-3-4-6-20(17)29-2;/h3-8,13,19,22H,9-12,14H2,1-2H3,(H,23,26);1H. The molecule has 162 valence electrons. The summed E-state index contributed by atoms with van der Waals surface area (Å²) >= 11 is 0. The molecular weight excluding hydrogens is 408 g/mol. The van der Waals surface area contributed by atoms with Crippen LogP contribution >= 0.6 is 12.4 Å². The highest BCUT2D eigenvalue weighted by Gasteiger charge is 2.26. The quantitative estimate of drug-likeness (QED) is 0.512. The lowest BCUT2D eigenvalue weighted by atomic mass is 10.0. The topological polar surface area (TPSA) is 96.7 Å². The van der Waals surface area contributed by atoms with E-state index in [1.807, 2.05) is 25.1 Å². The summed E-state index contributed by atoms with van der Waals surface area (Å²) in [7, 11) is 1.66. The van der Waals surface area contributed by atoms with Crippen molar-refractivity contribution in [3.8, 4) is 5.75 Å². The number of benzene rings is 2. The smallest absolute Gasteiger partial charge is 0.271 e. The fraction of sp³-hybridized carbons (Fsp3) is 0.381. The van der Waals surface area contributed by atoms with Crippen molar-refractivity contribution in [2.45, 2.75) is 19.4 Å². The summed E-state index contributed by atoms with van der Waals surface area (Å²) in [6, 6.07) is 12.5. The predicted molar refractivity (Wildman–Crippen MR) is 119 cm³/mol. The van der Waals surface area contributed by atoms with Crippen LogP contribution in [0.2, 0.25) is 0 Å². The molecule has 0 radical (unpaired) electrons. The minimum Gasteiger partial charge on any atom is -0.496 e. The fourth-order valence-electron chi connectivity index (χ4n) is 3.58. The number of aryl methyl sites for hydroxylation is 1. The first-order chi connectivity index (χ1) is 14.0. The van der Waals surface area contributed by atoms with E-state index in [1.54, 1.807) is 13.2 Å². The van der Waals surface area contributed by atoms with Gasteiger partial charge in [0.15, 0.2) is 0 Å². The van der Waals surface area contributed by atoms with Crippen LogP contribution in [0.25, 0.3) is 0 Å². The van der Waals surface area contributed by atoms with Gasteiger partial charge in [0.25, 0.3) is 5.69 Å². The number of ether oxygens (including phenoxy) is 1. The van der Waals surface area contributed by atoms with Crippen LogP contribution in [0.3, 0.4) is 0 Å². The lowest BCUT2D eigenvalue weighted by molar-refractivity contribution is -0.384. The molecule has 8 nitrogen and oxygen atoms in total. The molecule has 1 amide bonds. The summed E-state index contributed by atoms with van der Waals surface area (Å²) in [5, 5.41) is 17.2. The van der Waals surface area contributed by atoms with Crippen LogP contribution in [0, 0.1) is 17.0 Å². The van der Waals surface area contributed by atoms with Crippen molar-refractivity contribution in [1.82, 2.24) is 10.2 Å².